The average Bonchev–Trinajstić information content (AvgIpc) is 2.19. The molecule has 90 valence electrons. The molecule has 0 aromatic rings. The van der Waals surface area contributed by atoms with Gasteiger partial charge >= 0.3 is 0 Å². The first-order valence-electron chi connectivity index (χ1n) is 6.56. The fourth-order valence-corrected chi connectivity index (χ4v) is 2.75. The van der Waals surface area contributed by atoms with Crippen LogP contribution in [0.3, 0.4) is 0 Å². The topological polar surface area (TPSA) is 21.3 Å². The maximum atomic E-state index is 5.79. The van der Waals surface area contributed by atoms with Crippen LogP contribution in [0.2, 0.25) is 0 Å². The zero-order valence-electron chi connectivity index (χ0n) is 10.8. The molecule has 1 saturated heterocycles. The second-order valence-corrected chi connectivity index (χ2v) is 4.97. The van der Waals surface area contributed by atoms with Crippen LogP contribution in [0.15, 0.2) is 0 Å². The summed E-state index contributed by atoms with van der Waals surface area (Å²) in [6.07, 6.45) is 6.33. The third-order valence-electron chi connectivity index (χ3n) is 3.45. The zero-order chi connectivity index (χ0) is 11.3. The van der Waals surface area contributed by atoms with Crippen LogP contribution < -0.4 is 5.32 Å². The van der Waals surface area contributed by atoms with Gasteiger partial charge in [0.15, 0.2) is 0 Å². The standard InChI is InChI=1S/C11H21NO.C2H6/c1-9(2)13-10-7-11(8-10)3-5-12-6-4-11;1-2/h9-10,12H,3-8H2,1-2H3;1-2H3. The molecular weight excluding hydrogens is 186 g/mol. The molecule has 1 N–H and O–H groups in total. The van der Waals surface area contributed by atoms with Crippen molar-refractivity contribution in [3.8, 4) is 0 Å². The molecule has 0 amide bonds. The second-order valence-electron chi connectivity index (χ2n) is 4.97. The fraction of sp³-hybridized carbons (Fsp3) is 1.00. The Hall–Kier alpha value is -0.0800. The molecule has 0 radical (unpaired) electrons. The van der Waals surface area contributed by atoms with E-state index in [2.05, 4.69) is 19.2 Å². The van der Waals surface area contributed by atoms with Gasteiger partial charge in [0, 0.05) is 0 Å². The van der Waals surface area contributed by atoms with Gasteiger partial charge in [-0.15, -0.1) is 0 Å². The molecule has 1 aliphatic heterocycles. The van der Waals surface area contributed by atoms with Gasteiger partial charge in [-0.05, 0) is 58.0 Å². The van der Waals surface area contributed by atoms with E-state index in [9.17, 15) is 0 Å². The quantitative estimate of drug-likeness (QED) is 0.761. The van der Waals surface area contributed by atoms with Gasteiger partial charge in [-0.25, -0.2) is 0 Å². The van der Waals surface area contributed by atoms with E-state index < -0.39 is 0 Å². The minimum absolute atomic E-state index is 0.407. The van der Waals surface area contributed by atoms with Crippen LogP contribution in [0.4, 0.5) is 0 Å². The van der Waals surface area contributed by atoms with Gasteiger partial charge in [0.05, 0.1) is 12.2 Å². The summed E-state index contributed by atoms with van der Waals surface area (Å²) in [4.78, 5) is 0. The molecule has 2 nitrogen and oxygen atoms in total. The van der Waals surface area contributed by atoms with Crippen molar-refractivity contribution in [3.05, 3.63) is 0 Å². The van der Waals surface area contributed by atoms with Crippen molar-refractivity contribution >= 4 is 0 Å². The number of piperidine rings is 1. The summed E-state index contributed by atoms with van der Waals surface area (Å²) in [5.74, 6) is 0. The SMILES string of the molecule is CC.CC(C)OC1CC2(CCNCC2)C1. The van der Waals surface area contributed by atoms with E-state index in [4.69, 9.17) is 4.74 Å². The van der Waals surface area contributed by atoms with E-state index in [1.165, 1.54) is 38.8 Å². The largest absolute Gasteiger partial charge is 0.376 e. The Morgan fingerprint density at radius 1 is 1.13 bits per heavy atom. The number of hydrogen-bond donors (Lipinski definition) is 1. The highest BCUT2D eigenvalue weighted by molar-refractivity contribution is 4.97. The van der Waals surface area contributed by atoms with E-state index in [1.807, 2.05) is 13.8 Å². The van der Waals surface area contributed by atoms with Crippen LogP contribution in [-0.2, 0) is 4.74 Å². The summed E-state index contributed by atoms with van der Waals surface area (Å²) in [6.45, 7) is 10.7. The summed E-state index contributed by atoms with van der Waals surface area (Å²) >= 11 is 0. The van der Waals surface area contributed by atoms with Gasteiger partial charge in [-0.1, -0.05) is 13.8 Å². The average molecular weight is 213 g/mol. The molecular formula is C13H27NO. The first kappa shape index (κ1) is 13.0. The number of nitrogens with one attached hydrogen (secondary N) is 1. The summed E-state index contributed by atoms with van der Waals surface area (Å²) in [5.41, 5.74) is 0.671. The van der Waals surface area contributed by atoms with E-state index >= 15 is 0 Å². The Bertz CT molecular complexity index is 165. The van der Waals surface area contributed by atoms with Gasteiger partial charge in [0.1, 0.15) is 0 Å². The molecule has 2 heteroatoms. The lowest BCUT2D eigenvalue weighted by molar-refractivity contribution is -0.114. The third kappa shape index (κ3) is 3.46. The Morgan fingerprint density at radius 3 is 2.13 bits per heavy atom. The van der Waals surface area contributed by atoms with Crippen LogP contribution in [0.5, 0.6) is 0 Å². The monoisotopic (exact) mass is 213 g/mol. The van der Waals surface area contributed by atoms with Gasteiger partial charge < -0.3 is 10.1 Å². The van der Waals surface area contributed by atoms with Crippen LogP contribution in [0.25, 0.3) is 0 Å². The highest BCUT2D eigenvalue weighted by atomic mass is 16.5. The smallest absolute Gasteiger partial charge is 0.0589 e. The van der Waals surface area contributed by atoms with Crippen molar-refractivity contribution in [1.29, 1.82) is 0 Å². The second kappa shape index (κ2) is 5.86. The van der Waals surface area contributed by atoms with E-state index in [-0.39, 0.29) is 0 Å². The summed E-state index contributed by atoms with van der Waals surface area (Å²) in [5, 5.41) is 3.42. The molecule has 1 aliphatic carbocycles. The Balaban J connectivity index is 0.000000531. The van der Waals surface area contributed by atoms with Gasteiger partial charge in [-0.2, -0.15) is 0 Å². The van der Waals surface area contributed by atoms with E-state index in [1.54, 1.807) is 0 Å². The molecule has 0 aromatic carbocycles. The summed E-state index contributed by atoms with van der Waals surface area (Å²) in [7, 11) is 0. The van der Waals surface area contributed by atoms with Crippen molar-refractivity contribution in [3.63, 3.8) is 0 Å². The van der Waals surface area contributed by atoms with Crippen molar-refractivity contribution < 1.29 is 4.74 Å². The molecule has 1 saturated carbocycles. The fourth-order valence-electron chi connectivity index (χ4n) is 2.75. The molecule has 0 bridgehead atoms. The molecule has 2 fully saturated rings. The van der Waals surface area contributed by atoms with Crippen molar-refractivity contribution in [2.45, 2.75) is 65.6 Å². The summed E-state index contributed by atoms with van der Waals surface area (Å²) < 4.78 is 5.79. The zero-order valence-corrected chi connectivity index (χ0v) is 10.8. The predicted octanol–water partition coefficient (Wildman–Crippen LogP) is 2.97. The number of hydrogen-bond acceptors (Lipinski definition) is 2. The van der Waals surface area contributed by atoms with Gasteiger partial charge in [0.25, 0.3) is 0 Å². The maximum Gasteiger partial charge on any atom is 0.0589 e. The van der Waals surface area contributed by atoms with Gasteiger partial charge in [-0.3, -0.25) is 0 Å². The van der Waals surface area contributed by atoms with Crippen LogP contribution in [-0.4, -0.2) is 25.3 Å². The first-order valence-corrected chi connectivity index (χ1v) is 6.56. The first-order chi connectivity index (χ1) is 7.20. The molecule has 0 unspecified atom stereocenters. The van der Waals surface area contributed by atoms with E-state index in [0.717, 1.165) is 0 Å². The number of ether oxygens (including phenoxy) is 1. The molecule has 1 heterocycles. The van der Waals surface area contributed by atoms with E-state index in [0.29, 0.717) is 17.6 Å². The van der Waals surface area contributed by atoms with Crippen LogP contribution in [0, 0.1) is 5.41 Å². The van der Waals surface area contributed by atoms with Crippen molar-refractivity contribution in [1.82, 2.24) is 5.32 Å². The minimum Gasteiger partial charge on any atom is -0.376 e. The molecule has 2 aliphatic rings. The predicted molar refractivity (Wildman–Crippen MR) is 65.1 cm³/mol. The lowest BCUT2D eigenvalue weighted by atomic mass is 9.62. The highest BCUT2D eigenvalue weighted by Gasteiger charge is 2.45. The van der Waals surface area contributed by atoms with Crippen LogP contribution >= 0.6 is 0 Å². The summed E-state index contributed by atoms with van der Waals surface area (Å²) in [6, 6.07) is 0. The normalized spacial score (nSPS) is 24.6. The molecule has 0 atom stereocenters. The third-order valence-corrected chi connectivity index (χ3v) is 3.45. The number of rotatable bonds is 2. The van der Waals surface area contributed by atoms with Crippen LogP contribution in [0.1, 0.15) is 53.4 Å². The molecule has 2 rings (SSSR count). The van der Waals surface area contributed by atoms with Crippen molar-refractivity contribution in [2.24, 2.45) is 5.41 Å². The lowest BCUT2D eigenvalue weighted by Crippen LogP contribution is -2.49. The Morgan fingerprint density at radius 2 is 1.67 bits per heavy atom. The maximum absolute atomic E-state index is 5.79. The molecule has 1 spiro atoms. The Kier molecular flexibility index (Phi) is 5.07. The highest BCUT2D eigenvalue weighted by Crippen LogP contribution is 2.49. The molecule has 15 heavy (non-hydrogen) atoms. The Labute approximate surface area is 94.8 Å². The lowest BCUT2D eigenvalue weighted by Gasteiger charge is -2.50. The van der Waals surface area contributed by atoms with Crippen molar-refractivity contribution in [2.75, 3.05) is 13.1 Å². The minimum atomic E-state index is 0.407. The molecule has 0 aromatic heterocycles. The van der Waals surface area contributed by atoms with Gasteiger partial charge in [0.2, 0.25) is 0 Å².